The van der Waals surface area contributed by atoms with Crippen molar-refractivity contribution in [2.75, 3.05) is 6.61 Å². The average molecular weight is 295 g/mol. The zero-order valence-electron chi connectivity index (χ0n) is 10.2. The fourth-order valence-corrected chi connectivity index (χ4v) is 5.57. The summed E-state index contributed by atoms with van der Waals surface area (Å²) in [7, 11) is 0. The van der Waals surface area contributed by atoms with Gasteiger partial charge >= 0.3 is 110 Å². The Labute approximate surface area is 110 Å². The third-order valence-corrected chi connectivity index (χ3v) is 6.48. The van der Waals surface area contributed by atoms with Gasteiger partial charge in [0.2, 0.25) is 0 Å². The van der Waals surface area contributed by atoms with Crippen molar-refractivity contribution in [2.45, 2.75) is 43.0 Å². The van der Waals surface area contributed by atoms with Gasteiger partial charge < -0.3 is 0 Å². The maximum absolute atomic E-state index is 6.08. The summed E-state index contributed by atoms with van der Waals surface area (Å²) in [6.45, 7) is 1.01. The van der Waals surface area contributed by atoms with E-state index in [1.807, 2.05) is 0 Å². The van der Waals surface area contributed by atoms with Gasteiger partial charge in [-0.3, -0.25) is 0 Å². The molecular formula is C15H20OSe. The number of hydrogen-bond donors (Lipinski definition) is 0. The normalized spacial score (nSPS) is 33.1. The number of fused-ring (bicyclic) bond motifs is 1. The molecule has 0 unspecified atom stereocenters. The molecule has 1 saturated carbocycles. The van der Waals surface area contributed by atoms with Crippen LogP contribution < -0.4 is 4.46 Å². The predicted molar refractivity (Wildman–Crippen MR) is 71.9 cm³/mol. The molecule has 1 aromatic rings. The van der Waals surface area contributed by atoms with Gasteiger partial charge in [0, 0.05) is 0 Å². The van der Waals surface area contributed by atoms with Crippen LogP contribution in [0, 0.1) is 5.92 Å². The van der Waals surface area contributed by atoms with E-state index >= 15 is 0 Å². The summed E-state index contributed by atoms with van der Waals surface area (Å²) in [5.74, 6) is 0.869. The van der Waals surface area contributed by atoms with E-state index in [2.05, 4.69) is 30.3 Å². The van der Waals surface area contributed by atoms with Crippen LogP contribution in [-0.2, 0) is 4.74 Å². The molecule has 0 spiro atoms. The summed E-state index contributed by atoms with van der Waals surface area (Å²) in [5, 5.41) is 0. The van der Waals surface area contributed by atoms with E-state index < -0.39 is 0 Å². The van der Waals surface area contributed by atoms with E-state index in [-0.39, 0.29) is 0 Å². The van der Waals surface area contributed by atoms with Crippen molar-refractivity contribution in [2.24, 2.45) is 5.92 Å². The fourth-order valence-electron chi connectivity index (χ4n) is 3.07. The summed E-state index contributed by atoms with van der Waals surface area (Å²) >= 11 is 0.601. The van der Waals surface area contributed by atoms with Crippen LogP contribution in [0.1, 0.15) is 32.1 Å². The standard InChI is InChI=1S/C15H20OSe/c1-2-7-13(8-3-1)17-14-10-12-6-4-5-9-15(12)16-11-14/h1-3,7-8,12,14-15H,4-6,9-11H2/t12-,14-,15+/m1/s1. The molecule has 1 heterocycles. The van der Waals surface area contributed by atoms with Gasteiger partial charge in [0.25, 0.3) is 0 Å². The second kappa shape index (κ2) is 5.56. The molecule has 2 heteroatoms. The van der Waals surface area contributed by atoms with Gasteiger partial charge in [-0.25, -0.2) is 0 Å². The van der Waals surface area contributed by atoms with Crippen molar-refractivity contribution in [3.8, 4) is 0 Å². The number of ether oxygens (including phenoxy) is 1. The monoisotopic (exact) mass is 296 g/mol. The quantitative estimate of drug-likeness (QED) is 0.762. The first-order valence-corrected chi connectivity index (χ1v) is 8.60. The maximum atomic E-state index is 6.08. The van der Waals surface area contributed by atoms with Crippen LogP contribution in [-0.4, -0.2) is 27.7 Å². The minimum absolute atomic E-state index is 0.601. The minimum atomic E-state index is 0.601. The van der Waals surface area contributed by atoms with Crippen LogP contribution in [0.5, 0.6) is 0 Å². The molecule has 2 fully saturated rings. The first-order chi connectivity index (χ1) is 8.42. The summed E-state index contributed by atoms with van der Waals surface area (Å²) in [6, 6.07) is 11.0. The predicted octanol–water partition coefficient (Wildman–Crippen LogP) is 2.78. The summed E-state index contributed by atoms with van der Waals surface area (Å²) in [6.07, 6.45) is 7.55. The molecule has 0 amide bonds. The summed E-state index contributed by atoms with van der Waals surface area (Å²) in [4.78, 5) is 0.809. The first kappa shape index (κ1) is 11.8. The van der Waals surface area contributed by atoms with E-state index in [0.29, 0.717) is 21.1 Å². The van der Waals surface area contributed by atoms with Gasteiger partial charge in [-0.05, 0) is 0 Å². The zero-order valence-corrected chi connectivity index (χ0v) is 11.9. The van der Waals surface area contributed by atoms with E-state index in [4.69, 9.17) is 4.74 Å². The molecule has 1 nitrogen and oxygen atoms in total. The SMILES string of the molecule is c1ccc([Se][C@H]2CO[C@H]3CCCC[C@@H]3C2)cc1. The Hall–Kier alpha value is -0.301. The second-order valence-corrected chi connectivity index (χ2v) is 8.09. The molecular weight excluding hydrogens is 275 g/mol. The molecule has 3 atom stereocenters. The Morgan fingerprint density at radius 1 is 1.06 bits per heavy atom. The Kier molecular flexibility index (Phi) is 3.85. The Morgan fingerprint density at radius 2 is 1.88 bits per heavy atom. The van der Waals surface area contributed by atoms with Crippen molar-refractivity contribution in [1.82, 2.24) is 0 Å². The van der Waals surface area contributed by atoms with Crippen molar-refractivity contribution in [3.63, 3.8) is 0 Å². The number of hydrogen-bond acceptors (Lipinski definition) is 1. The summed E-state index contributed by atoms with van der Waals surface area (Å²) < 4.78 is 7.61. The summed E-state index contributed by atoms with van der Waals surface area (Å²) in [5.41, 5.74) is 0. The third-order valence-electron chi connectivity index (χ3n) is 3.95. The van der Waals surface area contributed by atoms with Crippen molar-refractivity contribution in [3.05, 3.63) is 30.3 Å². The van der Waals surface area contributed by atoms with Crippen LogP contribution >= 0.6 is 0 Å². The molecule has 0 aromatic heterocycles. The van der Waals surface area contributed by atoms with Gasteiger partial charge in [-0.2, -0.15) is 0 Å². The van der Waals surface area contributed by atoms with Crippen LogP contribution in [0.3, 0.4) is 0 Å². The zero-order chi connectivity index (χ0) is 11.5. The topological polar surface area (TPSA) is 9.23 Å². The van der Waals surface area contributed by atoms with Crippen LogP contribution in [0.15, 0.2) is 30.3 Å². The number of rotatable bonds is 2. The Balaban J connectivity index is 1.59. The van der Waals surface area contributed by atoms with E-state index in [9.17, 15) is 0 Å². The average Bonchev–Trinajstić information content (AvgIpc) is 2.40. The molecule has 0 radical (unpaired) electrons. The molecule has 2 aliphatic rings. The van der Waals surface area contributed by atoms with Crippen molar-refractivity contribution in [1.29, 1.82) is 0 Å². The molecule has 1 aliphatic carbocycles. The van der Waals surface area contributed by atoms with Gasteiger partial charge in [0.1, 0.15) is 0 Å². The Morgan fingerprint density at radius 3 is 2.76 bits per heavy atom. The van der Waals surface area contributed by atoms with Crippen LogP contribution in [0.2, 0.25) is 4.82 Å². The molecule has 1 aliphatic heterocycles. The molecule has 17 heavy (non-hydrogen) atoms. The van der Waals surface area contributed by atoms with E-state index in [1.165, 1.54) is 36.6 Å². The van der Waals surface area contributed by atoms with E-state index in [1.54, 1.807) is 0 Å². The molecule has 1 aromatic carbocycles. The van der Waals surface area contributed by atoms with Crippen LogP contribution in [0.4, 0.5) is 0 Å². The Bertz CT molecular complexity index is 351. The molecule has 1 saturated heterocycles. The van der Waals surface area contributed by atoms with Gasteiger partial charge in [-0.1, -0.05) is 0 Å². The third kappa shape index (κ3) is 2.93. The first-order valence-electron chi connectivity index (χ1n) is 6.75. The van der Waals surface area contributed by atoms with Crippen molar-refractivity contribution >= 4 is 19.4 Å². The van der Waals surface area contributed by atoms with Crippen LogP contribution in [0.25, 0.3) is 0 Å². The van der Waals surface area contributed by atoms with Crippen molar-refractivity contribution < 1.29 is 4.74 Å². The molecule has 0 bridgehead atoms. The molecule has 0 N–H and O–H groups in total. The molecule has 92 valence electrons. The molecule has 3 rings (SSSR count). The van der Waals surface area contributed by atoms with E-state index in [0.717, 1.165) is 17.3 Å². The van der Waals surface area contributed by atoms with Gasteiger partial charge in [-0.15, -0.1) is 0 Å². The second-order valence-electron chi connectivity index (χ2n) is 5.20. The van der Waals surface area contributed by atoms with Gasteiger partial charge in [0.05, 0.1) is 0 Å². The fraction of sp³-hybridized carbons (Fsp3) is 0.600. The van der Waals surface area contributed by atoms with Gasteiger partial charge in [0.15, 0.2) is 0 Å². The number of benzene rings is 1.